The Morgan fingerprint density at radius 2 is 1.39 bits per heavy atom. The Balaban J connectivity index is 2.23. The van der Waals surface area contributed by atoms with Gasteiger partial charge in [-0.05, 0) is 103 Å². The number of aliphatic hydroxyl groups excluding tert-OH is 3. The molecule has 1 saturated heterocycles. The molecule has 1 amide bonds. The van der Waals surface area contributed by atoms with Crippen molar-refractivity contribution in [3.05, 3.63) is 24.4 Å². The number of nitrogens with zero attached hydrogens (tertiary/aromatic N) is 2. The average Bonchev–Trinajstić information content (AvgIpc) is 3.37. The highest BCUT2D eigenvalue weighted by Gasteiger charge is 2.55. The van der Waals surface area contributed by atoms with Gasteiger partial charge in [0.1, 0.15) is 56.5 Å². The third kappa shape index (κ3) is 23.2. The molecular formula is C53H89BN3O18S2. The number of ether oxygens (including phenoxy) is 8. The highest BCUT2D eigenvalue weighted by Crippen LogP contribution is 2.52. The molecule has 21 nitrogen and oxygen atoms in total. The largest absolute Gasteiger partial charge is 0.481 e. The number of carboxylic acids is 1. The van der Waals surface area contributed by atoms with E-state index >= 15 is 0 Å². The minimum Gasteiger partial charge on any atom is -0.481 e. The number of aliphatic carboxylic acids is 1. The van der Waals surface area contributed by atoms with Crippen LogP contribution >= 0.6 is 21.6 Å². The van der Waals surface area contributed by atoms with Gasteiger partial charge in [-0.15, -0.1) is 0 Å². The fraction of sp³-hybridized carbons (Fsp3) is 0.792. The van der Waals surface area contributed by atoms with Crippen LogP contribution in [0.2, 0.25) is 11.6 Å². The molecule has 77 heavy (non-hydrogen) atoms. The highest BCUT2D eigenvalue weighted by molar-refractivity contribution is 8.76. The maximum absolute atomic E-state index is 14.6. The first-order chi connectivity index (χ1) is 36.3. The van der Waals surface area contributed by atoms with E-state index in [-0.39, 0.29) is 97.9 Å². The smallest absolute Gasteiger partial charge is 0.311 e. The summed E-state index contributed by atoms with van der Waals surface area (Å²) < 4.78 is 45.5. The summed E-state index contributed by atoms with van der Waals surface area (Å²) >= 11 is 0. The molecule has 0 aliphatic carbocycles. The number of hydrogen-bond donors (Lipinski definition) is 5. The van der Waals surface area contributed by atoms with E-state index in [4.69, 9.17) is 37.9 Å². The zero-order valence-electron chi connectivity index (χ0n) is 47.3. The first-order valence-corrected chi connectivity index (χ1v) is 28.9. The number of aromatic nitrogens is 1. The molecule has 9 atom stereocenters. The second kappa shape index (κ2) is 34.5. The molecule has 1 aromatic heterocycles. The zero-order valence-corrected chi connectivity index (χ0v) is 49.0. The van der Waals surface area contributed by atoms with Gasteiger partial charge in [0.25, 0.3) is 0 Å². The van der Waals surface area contributed by atoms with Gasteiger partial charge in [0, 0.05) is 30.7 Å². The summed E-state index contributed by atoms with van der Waals surface area (Å²) in [5.74, 6) is -3.73. The van der Waals surface area contributed by atoms with E-state index in [0.717, 1.165) is 11.4 Å². The van der Waals surface area contributed by atoms with Gasteiger partial charge in [-0.1, -0.05) is 63.7 Å². The average molecular weight is 1130 g/mol. The minimum atomic E-state index is -1.66. The Hall–Kier alpha value is -3.59. The Labute approximate surface area is 464 Å². The number of carbonyl (C=O) groups excluding carboxylic acids is 5. The predicted molar refractivity (Wildman–Crippen MR) is 291 cm³/mol. The standard InChI is InChI=1S/C53H89BN3O18S2/c1-12-15-22-71-46(65)50(7,35-53(19-13-2,44(62)63)33-49(5,6)45(64)74-30-31-76-77-39-18-16-17-20-55-39)34-51(8,47(66)72-23-21-57(10)11)36-54-52(9,14-3)48(67)73-29-27-69-25-24-68-26-28-70-43-40(56-37(4)59)42(61)41(60)38(32-58)75-43/h16-18,20,38,40-43,58,60-61H,12-15,19,21-36H2,1-11H3,(H,56,59)(H,62,63)/t38-,40-,41+,42-,43-,50?,51?,52?,53?/m1/s1. The highest BCUT2D eigenvalue weighted by atomic mass is 33.1. The summed E-state index contributed by atoms with van der Waals surface area (Å²) in [6, 6.07) is 4.49. The molecule has 1 aliphatic rings. The van der Waals surface area contributed by atoms with Crippen LogP contribution in [0.25, 0.3) is 0 Å². The summed E-state index contributed by atoms with van der Waals surface area (Å²) in [5.41, 5.74) is -6.10. The van der Waals surface area contributed by atoms with Crippen LogP contribution in [0, 0.1) is 21.7 Å². The van der Waals surface area contributed by atoms with Crippen molar-refractivity contribution in [3.8, 4) is 0 Å². The number of esters is 4. The van der Waals surface area contributed by atoms with Crippen LogP contribution in [0.4, 0.5) is 0 Å². The quantitative estimate of drug-likeness (QED) is 0.0187. The second-order valence-corrected chi connectivity index (χ2v) is 23.8. The van der Waals surface area contributed by atoms with Crippen LogP contribution in [0.3, 0.4) is 0 Å². The van der Waals surface area contributed by atoms with Gasteiger partial charge >= 0.3 is 29.8 Å². The molecule has 1 aromatic rings. The fourth-order valence-corrected chi connectivity index (χ4v) is 10.8. The van der Waals surface area contributed by atoms with Crippen LogP contribution < -0.4 is 5.32 Å². The molecule has 0 bridgehead atoms. The maximum atomic E-state index is 14.6. The molecule has 0 spiro atoms. The van der Waals surface area contributed by atoms with Crippen molar-refractivity contribution in [2.24, 2.45) is 21.7 Å². The lowest BCUT2D eigenvalue weighted by Crippen LogP contribution is -2.64. The van der Waals surface area contributed by atoms with Crippen molar-refractivity contribution in [3.63, 3.8) is 0 Å². The Bertz CT molecular complexity index is 1960. The van der Waals surface area contributed by atoms with Crippen LogP contribution in [0.1, 0.15) is 114 Å². The third-order valence-electron chi connectivity index (χ3n) is 13.5. The minimum absolute atomic E-state index is 0.0206. The Morgan fingerprint density at radius 3 is 1.97 bits per heavy atom. The number of unbranched alkanes of at least 4 members (excludes halogenated alkanes) is 1. The topological polar surface area (TPSA) is 285 Å². The van der Waals surface area contributed by atoms with Crippen molar-refractivity contribution >= 4 is 64.6 Å². The van der Waals surface area contributed by atoms with Crippen LogP contribution in [-0.4, -0.2) is 196 Å². The van der Waals surface area contributed by atoms with Crippen molar-refractivity contribution in [2.75, 3.05) is 92.5 Å². The molecule has 439 valence electrons. The summed E-state index contributed by atoms with van der Waals surface area (Å²) in [5, 5.41) is 43.5. The number of rotatable bonds is 40. The lowest BCUT2D eigenvalue weighted by Gasteiger charge is -2.44. The van der Waals surface area contributed by atoms with E-state index in [0.29, 0.717) is 25.1 Å². The van der Waals surface area contributed by atoms with Crippen molar-refractivity contribution in [2.45, 2.75) is 161 Å². The number of carboxylic acid groups (broad SMARTS) is 1. The summed E-state index contributed by atoms with van der Waals surface area (Å²) in [4.78, 5) is 88.3. The second-order valence-electron chi connectivity index (χ2n) is 21.4. The molecular weight excluding hydrogens is 1040 g/mol. The molecule has 1 radical (unpaired) electrons. The van der Waals surface area contributed by atoms with Gasteiger partial charge in [0.2, 0.25) is 5.91 Å². The van der Waals surface area contributed by atoms with Crippen LogP contribution in [-0.2, 0) is 66.7 Å². The van der Waals surface area contributed by atoms with Gasteiger partial charge in [0.15, 0.2) is 6.29 Å². The number of nitrogens with one attached hydrogen (secondary N) is 1. The maximum Gasteiger partial charge on any atom is 0.311 e. The molecule has 2 rings (SSSR count). The van der Waals surface area contributed by atoms with Gasteiger partial charge in [-0.2, -0.15) is 0 Å². The van der Waals surface area contributed by atoms with Crippen LogP contribution in [0.5, 0.6) is 0 Å². The molecule has 4 unspecified atom stereocenters. The lowest BCUT2D eigenvalue weighted by atomic mass is 9.45. The first kappa shape index (κ1) is 69.5. The predicted octanol–water partition coefficient (Wildman–Crippen LogP) is 5.14. The first-order valence-electron chi connectivity index (χ1n) is 26.6. The fourth-order valence-electron chi connectivity index (χ4n) is 9.12. The van der Waals surface area contributed by atoms with Crippen molar-refractivity contribution < 1.29 is 87.1 Å². The summed E-state index contributed by atoms with van der Waals surface area (Å²) in [6.07, 6.45) is -2.19. The SMILES string of the molecule is CCCCOC(=O)C(C)(CC(C)(C[B]C(C)(CC)C(=O)OCCOCCOCCO[C@@H]1O[C@H](CO)[C@H](O)[C@H](O)[C@H]1NC(C)=O)C(=O)OCCN(C)C)CC(CCC)(CC(C)(C)C(=O)OCCSSc1ccccn1)C(=O)O. The van der Waals surface area contributed by atoms with Gasteiger partial charge in [-0.25, -0.2) is 4.98 Å². The molecule has 0 saturated carbocycles. The summed E-state index contributed by atoms with van der Waals surface area (Å²) in [6.45, 7) is 15.3. The third-order valence-corrected chi connectivity index (χ3v) is 15.7. The van der Waals surface area contributed by atoms with Gasteiger partial charge in [-0.3, -0.25) is 28.8 Å². The molecule has 1 fully saturated rings. The number of carbonyl (C=O) groups is 6. The molecule has 1 aliphatic heterocycles. The van der Waals surface area contributed by atoms with E-state index in [1.165, 1.54) is 28.5 Å². The van der Waals surface area contributed by atoms with E-state index in [1.54, 1.807) is 55.0 Å². The lowest BCUT2D eigenvalue weighted by molar-refractivity contribution is -0.272. The molecule has 2 heterocycles. The molecule has 24 heteroatoms. The number of pyridine rings is 1. The monoisotopic (exact) mass is 1130 g/mol. The molecule has 0 aromatic carbocycles. The Morgan fingerprint density at radius 1 is 0.766 bits per heavy atom. The van der Waals surface area contributed by atoms with E-state index in [1.807, 2.05) is 51.0 Å². The van der Waals surface area contributed by atoms with Crippen molar-refractivity contribution in [1.29, 1.82) is 0 Å². The van der Waals surface area contributed by atoms with Crippen LogP contribution in [0.15, 0.2) is 29.4 Å². The van der Waals surface area contributed by atoms with E-state index in [2.05, 4.69) is 10.3 Å². The number of likely N-dealkylation sites (N-methyl/N-ethyl adjacent to an activating group) is 1. The van der Waals surface area contributed by atoms with E-state index in [9.17, 15) is 49.2 Å². The normalized spacial score (nSPS) is 20.8. The number of amides is 1. The van der Waals surface area contributed by atoms with Crippen molar-refractivity contribution in [1.82, 2.24) is 15.2 Å². The Kier molecular flexibility index (Phi) is 31.2. The van der Waals surface area contributed by atoms with Gasteiger partial charge < -0.3 is 68.5 Å². The number of hydrogen-bond acceptors (Lipinski definition) is 21. The number of aliphatic hydroxyl groups is 3. The summed E-state index contributed by atoms with van der Waals surface area (Å²) in [7, 11) is 8.26. The van der Waals surface area contributed by atoms with E-state index < -0.39 is 100.0 Å². The molecule has 5 N–H and O–H groups in total. The zero-order chi connectivity index (χ0) is 57.9. The van der Waals surface area contributed by atoms with Gasteiger partial charge in [0.05, 0.1) is 67.9 Å².